The maximum absolute atomic E-state index is 13.6. The van der Waals surface area contributed by atoms with Crippen molar-refractivity contribution in [3.8, 4) is 11.6 Å². The van der Waals surface area contributed by atoms with E-state index in [1.807, 2.05) is 0 Å². The number of hydrogen-bond donors (Lipinski definition) is 1. The van der Waals surface area contributed by atoms with Crippen molar-refractivity contribution < 1.29 is 19.0 Å². The number of aliphatic hydroxyl groups is 1. The van der Waals surface area contributed by atoms with Crippen LogP contribution in [0.15, 0.2) is 36.5 Å². The Morgan fingerprint density at radius 2 is 2.00 bits per heavy atom. The highest BCUT2D eigenvalue weighted by Gasteiger charge is 2.11. The van der Waals surface area contributed by atoms with Gasteiger partial charge in [0.05, 0.1) is 19.3 Å². The molecule has 0 saturated heterocycles. The fourth-order valence-electron chi connectivity index (χ4n) is 1.71. The van der Waals surface area contributed by atoms with Gasteiger partial charge < -0.3 is 14.6 Å². The number of aromatic nitrogens is 1. The largest absolute Gasteiger partial charge is 0.485 e. The molecule has 0 aliphatic heterocycles. The van der Waals surface area contributed by atoms with Gasteiger partial charge in [-0.15, -0.1) is 0 Å². The zero-order chi connectivity index (χ0) is 13.7. The quantitative estimate of drug-likeness (QED) is 0.899. The number of halogens is 1. The highest BCUT2D eigenvalue weighted by atomic mass is 19.1. The normalized spacial score (nSPS) is 10.3. The van der Waals surface area contributed by atoms with Crippen LogP contribution in [0.25, 0.3) is 0 Å². The van der Waals surface area contributed by atoms with Gasteiger partial charge in [0.15, 0.2) is 11.6 Å². The summed E-state index contributed by atoms with van der Waals surface area (Å²) in [6.07, 6.45) is 1.60. The first-order valence-electron chi connectivity index (χ1n) is 5.75. The van der Waals surface area contributed by atoms with Crippen LogP contribution in [0.5, 0.6) is 11.6 Å². The standard InChI is InChI=1S/C14H14FNO3/c1-18-14-11(5-3-7-16-14)9-19-13-10(8-17)4-2-6-12(13)15/h2-7,17H,8-9H2,1H3. The number of methoxy groups -OCH3 is 1. The number of hydrogen-bond acceptors (Lipinski definition) is 4. The molecule has 2 rings (SSSR count). The van der Waals surface area contributed by atoms with E-state index in [0.717, 1.165) is 0 Å². The lowest BCUT2D eigenvalue weighted by Gasteiger charge is -2.12. The van der Waals surface area contributed by atoms with Crippen LogP contribution in [0.2, 0.25) is 0 Å². The summed E-state index contributed by atoms with van der Waals surface area (Å²) in [5.74, 6) is -0.0188. The molecular formula is C14H14FNO3. The summed E-state index contributed by atoms with van der Waals surface area (Å²) in [5, 5.41) is 9.16. The van der Waals surface area contributed by atoms with Gasteiger partial charge in [-0.1, -0.05) is 12.1 Å². The highest BCUT2D eigenvalue weighted by molar-refractivity contribution is 5.35. The molecular weight excluding hydrogens is 249 g/mol. The summed E-state index contributed by atoms with van der Waals surface area (Å²) in [4.78, 5) is 4.03. The van der Waals surface area contributed by atoms with E-state index in [2.05, 4.69) is 4.98 Å². The monoisotopic (exact) mass is 263 g/mol. The number of pyridine rings is 1. The number of para-hydroxylation sites is 1. The third-order valence-electron chi connectivity index (χ3n) is 2.63. The van der Waals surface area contributed by atoms with Crippen molar-refractivity contribution in [1.29, 1.82) is 0 Å². The van der Waals surface area contributed by atoms with Gasteiger partial charge in [-0.3, -0.25) is 0 Å². The molecule has 2 aromatic rings. The number of nitrogens with zero attached hydrogens (tertiary/aromatic N) is 1. The molecule has 100 valence electrons. The van der Waals surface area contributed by atoms with E-state index in [1.54, 1.807) is 24.4 Å². The minimum Gasteiger partial charge on any atom is -0.485 e. The van der Waals surface area contributed by atoms with Gasteiger partial charge >= 0.3 is 0 Å². The van der Waals surface area contributed by atoms with Crippen molar-refractivity contribution in [2.75, 3.05) is 7.11 Å². The van der Waals surface area contributed by atoms with E-state index >= 15 is 0 Å². The highest BCUT2D eigenvalue weighted by Crippen LogP contribution is 2.25. The zero-order valence-electron chi connectivity index (χ0n) is 10.5. The fraction of sp³-hybridized carbons (Fsp3) is 0.214. The van der Waals surface area contributed by atoms with Crippen molar-refractivity contribution in [1.82, 2.24) is 4.98 Å². The van der Waals surface area contributed by atoms with Crippen molar-refractivity contribution in [3.05, 3.63) is 53.5 Å². The molecule has 0 spiro atoms. The first kappa shape index (κ1) is 13.3. The topological polar surface area (TPSA) is 51.6 Å². The Labute approximate surface area is 110 Å². The SMILES string of the molecule is COc1ncccc1COc1c(F)cccc1CO. The molecule has 0 unspecified atom stereocenters. The van der Waals surface area contributed by atoms with E-state index in [4.69, 9.17) is 14.6 Å². The summed E-state index contributed by atoms with van der Waals surface area (Å²) < 4.78 is 24.2. The molecule has 0 aliphatic carbocycles. The van der Waals surface area contributed by atoms with Crippen LogP contribution < -0.4 is 9.47 Å². The molecule has 4 nitrogen and oxygen atoms in total. The zero-order valence-corrected chi connectivity index (χ0v) is 10.5. The predicted octanol–water partition coefficient (Wildman–Crippen LogP) is 2.30. The Morgan fingerprint density at radius 3 is 2.74 bits per heavy atom. The first-order chi connectivity index (χ1) is 9.26. The van der Waals surface area contributed by atoms with Gasteiger partial charge in [-0.25, -0.2) is 9.37 Å². The lowest BCUT2D eigenvalue weighted by atomic mass is 10.2. The molecule has 1 aromatic heterocycles. The number of aliphatic hydroxyl groups excluding tert-OH is 1. The second-order valence-corrected chi connectivity index (χ2v) is 3.85. The Kier molecular flexibility index (Phi) is 4.30. The predicted molar refractivity (Wildman–Crippen MR) is 67.4 cm³/mol. The van der Waals surface area contributed by atoms with Crippen LogP contribution in [0.1, 0.15) is 11.1 Å². The Bertz CT molecular complexity index is 560. The van der Waals surface area contributed by atoms with Crippen molar-refractivity contribution in [2.24, 2.45) is 0 Å². The second-order valence-electron chi connectivity index (χ2n) is 3.85. The molecule has 0 saturated carbocycles. The molecule has 0 aliphatic rings. The van der Waals surface area contributed by atoms with Crippen LogP contribution in [0.4, 0.5) is 4.39 Å². The lowest BCUT2D eigenvalue weighted by molar-refractivity contribution is 0.248. The Morgan fingerprint density at radius 1 is 1.21 bits per heavy atom. The van der Waals surface area contributed by atoms with Gasteiger partial charge in [0.2, 0.25) is 5.88 Å². The molecule has 0 amide bonds. The number of rotatable bonds is 5. The van der Waals surface area contributed by atoms with Crippen molar-refractivity contribution >= 4 is 0 Å². The van der Waals surface area contributed by atoms with Crippen LogP contribution in [-0.4, -0.2) is 17.2 Å². The van der Waals surface area contributed by atoms with Crippen molar-refractivity contribution in [3.63, 3.8) is 0 Å². The minimum atomic E-state index is -0.505. The van der Waals surface area contributed by atoms with E-state index in [9.17, 15) is 4.39 Å². The number of ether oxygens (including phenoxy) is 2. The van der Waals surface area contributed by atoms with Crippen molar-refractivity contribution in [2.45, 2.75) is 13.2 Å². The maximum atomic E-state index is 13.6. The third-order valence-corrected chi connectivity index (χ3v) is 2.63. The summed E-state index contributed by atoms with van der Waals surface area (Å²) in [5.41, 5.74) is 1.11. The molecule has 19 heavy (non-hydrogen) atoms. The average Bonchev–Trinajstić information content (AvgIpc) is 2.46. The molecule has 0 atom stereocenters. The van der Waals surface area contributed by atoms with E-state index < -0.39 is 5.82 Å². The molecule has 0 fully saturated rings. The van der Waals surface area contributed by atoms with Crippen LogP contribution in [-0.2, 0) is 13.2 Å². The lowest BCUT2D eigenvalue weighted by Crippen LogP contribution is -2.03. The number of benzene rings is 1. The fourth-order valence-corrected chi connectivity index (χ4v) is 1.71. The molecule has 0 radical (unpaired) electrons. The van der Waals surface area contributed by atoms with Crippen LogP contribution >= 0.6 is 0 Å². The average molecular weight is 263 g/mol. The first-order valence-corrected chi connectivity index (χ1v) is 5.75. The molecule has 1 aromatic carbocycles. The van der Waals surface area contributed by atoms with E-state index in [1.165, 1.54) is 19.2 Å². The Balaban J connectivity index is 2.19. The van der Waals surface area contributed by atoms with E-state index in [0.29, 0.717) is 17.0 Å². The van der Waals surface area contributed by atoms with Crippen LogP contribution in [0, 0.1) is 5.82 Å². The van der Waals surface area contributed by atoms with Gasteiger partial charge in [0, 0.05) is 11.8 Å². The third kappa shape index (κ3) is 3.00. The smallest absolute Gasteiger partial charge is 0.219 e. The summed E-state index contributed by atoms with van der Waals surface area (Å²) in [6.45, 7) is -0.164. The molecule has 0 bridgehead atoms. The molecule has 1 N–H and O–H groups in total. The van der Waals surface area contributed by atoms with Gasteiger partial charge in [0.25, 0.3) is 0 Å². The summed E-state index contributed by atoms with van der Waals surface area (Å²) in [6, 6.07) is 7.95. The van der Waals surface area contributed by atoms with Gasteiger partial charge in [-0.2, -0.15) is 0 Å². The second kappa shape index (κ2) is 6.15. The maximum Gasteiger partial charge on any atom is 0.219 e. The van der Waals surface area contributed by atoms with Gasteiger partial charge in [0.1, 0.15) is 6.61 Å². The molecule has 5 heteroatoms. The summed E-state index contributed by atoms with van der Waals surface area (Å²) >= 11 is 0. The van der Waals surface area contributed by atoms with E-state index in [-0.39, 0.29) is 19.0 Å². The van der Waals surface area contributed by atoms with Crippen LogP contribution in [0.3, 0.4) is 0 Å². The van der Waals surface area contributed by atoms with Gasteiger partial charge in [-0.05, 0) is 18.2 Å². The summed E-state index contributed by atoms with van der Waals surface area (Å²) in [7, 11) is 1.51. The Hall–Kier alpha value is -2.14. The minimum absolute atomic E-state index is 0.0518. The molecule has 1 heterocycles.